The molecule has 13 heavy (non-hydrogen) atoms. The summed E-state index contributed by atoms with van der Waals surface area (Å²) in [6, 6.07) is 1.84. The summed E-state index contributed by atoms with van der Waals surface area (Å²) >= 11 is 0. The van der Waals surface area contributed by atoms with E-state index in [1.807, 2.05) is 6.07 Å². The summed E-state index contributed by atoms with van der Waals surface area (Å²) in [4.78, 5) is 4.00. The molecule has 1 N–H and O–H groups in total. The summed E-state index contributed by atoms with van der Waals surface area (Å²) in [6.45, 7) is 1.83. The second-order valence-electron chi connectivity index (χ2n) is 2.96. The topological polar surface area (TPSA) is 43.4 Å². The Balaban J connectivity index is 2.01. The zero-order valence-electron chi connectivity index (χ0n) is 7.49. The Labute approximate surface area is 76.9 Å². The minimum absolute atomic E-state index is 0.286. The zero-order chi connectivity index (χ0) is 9.10. The second kappa shape index (κ2) is 3.62. The second-order valence-corrected chi connectivity index (χ2v) is 2.96. The number of methoxy groups -OCH3 is 1. The van der Waals surface area contributed by atoms with Crippen molar-refractivity contribution in [1.29, 1.82) is 0 Å². The Morgan fingerprint density at radius 3 is 2.77 bits per heavy atom. The Kier molecular flexibility index (Phi) is 2.31. The molecule has 2 rings (SSSR count). The summed E-state index contributed by atoms with van der Waals surface area (Å²) in [7, 11) is 1.62. The van der Waals surface area contributed by atoms with E-state index in [9.17, 15) is 0 Å². The van der Waals surface area contributed by atoms with Crippen molar-refractivity contribution in [1.82, 2.24) is 10.3 Å². The van der Waals surface area contributed by atoms with Crippen molar-refractivity contribution < 1.29 is 9.47 Å². The first-order valence-electron chi connectivity index (χ1n) is 4.25. The molecule has 2 heterocycles. The molecule has 1 aromatic rings. The first-order chi connectivity index (χ1) is 6.38. The molecule has 1 aromatic heterocycles. The number of hydrogen-bond donors (Lipinski definition) is 1. The van der Waals surface area contributed by atoms with Gasteiger partial charge in [0.1, 0.15) is 17.6 Å². The summed E-state index contributed by atoms with van der Waals surface area (Å²) in [5, 5.41) is 3.13. The van der Waals surface area contributed by atoms with Crippen LogP contribution >= 0.6 is 0 Å². The minimum Gasteiger partial charge on any atom is -0.495 e. The number of rotatable bonds is 3. The maximum atomic E-state index is 5.59. The van der Waals surface area contributed by atoms with Gasteiger partial charge >= 0.3 is 0 Å². The maximum Gasteiger partial charge on any atom is 0.141 e. The third kappa shape index (κ3) is 1.89. The lowest BCUT2D eigenvalue weighted by molar-refractivity contribution is 0.141. The number of nitrogens with one attached hydrogen (secondary N) is 1. The van der Waals surface area contributed by atoms with E-state index in [1.54, 1.807) is 19.5 Å². The van der Waals surface area contributed by atoms with Gasteiger partial charge in [0.05, 0.1) is 19.5 Å². The highest BCUT2D eigenvalue weighted by Gasteiger charge is 2.18. The smallest absolute Gasteiger partial charge is 0.141 e. The van der Waals surface area contributed by atoms with Crippen molar-refractivity contribution in [3.63, 3.8) is 0 Å². The lowest BCUT2D eigenvalue weighted by atomic mass is 10.2. The van der Waals surface area contributed by atoms with Gasteiger partial charge in [-0.3, -0.25) is 4.98 Å². The molecule has 70 valence electrons. The van der Waals surface area contributed by atoms with Crippen LogP contribution in [-0.2, 0) is 0 Å². The highest BCUT2D eigenvalue weighted by molar-refractivity contribution is 5.28. The molecule has 0 aromatic carbocycles. The Morgan fingerprint density at radius 2 is 2.15 bits per heavy atom. The maximum absolute atomic E-state index is 5.59. The van der Waals surface area contributed by atoms with Gasteiger partial charge in [0.2, 0.25) is 0 Å². The molecule has 0 radical (unpaired) electrons. The average molecular weight is 180 g/mol. The highest BCUT2D eigenvalue weighted by atomic mass is 16.5. The van der Waals surface area contributed by atoms with E-state index in [4.69, 9.17) is 9.47 Å². The van der Waals surface area contributed by atoms with Crippen LogP contribution in [-0.4, -0.2) is 31.3 Å². The van der Waals surface area contributed by atoms with Crippen LogP contribution in [0.2, 0.25) is 0 Å². The average Bonchev–Trinajstić information content (AvgIpc) is 2.12. The fraction of sp³-hybridized carbons (Fsp3) is 0.444. The van der Waals surface area contributed by atoms with E-state index >= 15 is 0 Å². The van der Waals surface area contributed by atoms with Crippen LogP contribution in [0.4, 0.5) is 0 Å². The fourth-order valence-electron chi connectivity index (χ4n) is 1.11. The number of hydrogen-bond acceptors (Lipinski definition) is 4. The molecule has 1 aliphatic rings. The first kappa shape index (κ1) is 8.31. The summed E-state index contributed by atoms with van der Waals surface area (Å²) in [6.07, 6.45) is 3.64. The van der Waals surface area contributed by atoms with Crippen molar-refractivity contribution in [3.8, 4) is 11.5 Å². The SMILES string of the molecule is COc1cncc(OC2CNC2)c1. The van der Waals surface area contributed by atoms with Crippen LogP contribution in [0.25, 0.3) is 0 Å². The van der Waals surface area contributed by atoms with Gasteiger partial charge in [0, 0.05) is 19.2 Å². The molecular weight excluding hydrogens is 168 g/mol. The van der Waals surface area contributed by atoms with Crippen molar-refractivity contribution in [2.24, 2.45) is 0 Å². The lowest BCUT2D eigenvalue weighted by Crippen LogP contribution is -2.50. The molecule has 4 heteroatoms. The lowest BCUT2D eigenvalue weighted by Gasteiger charge is -2.27. The molecule has 1 fully saturated rings. The third-order valence-corrected chi connectivity index (χ3v) is 1.97. The number of aromatic nitrogens is 1. The number of pyridine rings is 1. The van der Waals surface area contributed by atoms with Crippen LogP contribution in [0.1, 0.15) is 0 Å². The van der Waals surface area contributed by atoms with E-state index in [0.717, 1.165) is 24.6 Å². The highest BCUT2D eigenvalue weighted by Crippen LogP contribution is 2.18. The predicted octanol–water partition coefficient (Wildman–Crippen LogP) is 0.441. The first-order valence-corrected chi connectivity index (χ1v) is 4.25. The van der Waals surface area contributed by atoms with Gasteiger partial charge in [-0.2, -0.15) is 0 Å². The molecule has 0 aliphatic carbocycles. The monoisotopic (exact) mass is 180 g/mol. The summed E-state index contributed by atoms with van der Waals surface area (Å²) in [5.41, 5.74) is 0. The standard InChI is InChI=1S/C9H12N2O2/c1-12-7-2-8(4-10-3-7)13-9-5-11-6-9/h2-4,9,11H,5-6H2,1H3. The molecule has 0 amide bonds. The van der Waals surface area contributed by atoms with E-state index in [0.29, 0.717) is 0 Å². The zero-order valence-corrected chi connectivity index (χ0v) is 7.49. The van der Waals surface area contributed by atoms with Crippen LogP contribution in [0.5, 0.6) is 11.5 Å². The molecule has 0 unspecified atom stereocenters. The van der Waals surface area contributed by atoms with Gasteiger partial charge in [-0.15, -0.1) is 0 Å². The number of nitrogens with zero attached hydrogens (tertiary/aromatic N) is 1. The minimum atomic E-state index is 0.286. The normalized spacial score (nSPS) is 16.4. The van der Waals surface area contributed by atoms with E-state index < -0.39 is 0 Å². The van der Waals surface area contributed by atoms with E-state index in [-0.39, 0.29) is 6.10 Å². The Bertz CT molecular complexity index is 287. The molecule has 1 aliphatic heterocycles. The van der Waals surface area contributed by atoms with Crippen LogP contribution in [0.3, 0.4) is 0 Å². The van der Waals surface area contributed by atoms with Gasteiger partial charge in [-0.25, -0.2) is 0 Å². The van der Waals surface area contributed by atoms with Gasteiger partial charge in [-0.05, 0) is 0 Å². The number of ether oxygens (including phenoxy) is 2. The largest absolute Gasteiger partial charge is 0.495 e. The van der Waals surface area contributed by atoms with Crippen molar-refractivity contribution in [2.45, 2.75) is 6.10 Å². The quantitative estimate of drug-likeness (QED) is 0.733. The van der Waals surface area contributed by atoms with Gasteiger partial charge in [0.15, 0.2) is 0 Å². The van der Waals surface area contributed by atoms with Crippen molar-refractivity contribution in [3.05, 3.63) is 18.5 Å². The molecular formula is C9H12N2O2. The molecule has 0 atom stereocenters. The van der Waals surface area contributed by atoms with Crippen LogP contribution in [0, 0.1) is 0 Å². The van der Waals surface area contributed by atoms with Gasteiger partial charge in [0.25, 0.3) is 0 Å². The van der Waals surface area contributed by atoms with Gasteiger partial charge in [-0.1, -0.05) is 0 Å². The van der Waals surface area contributed by atoms with Crippen LogP contribution < -0.4 is 14.8 Å². The molecule has 0 spiro atoms. The van der Waals surface area contributed by atoms with Crippen molar-refractivity contribution >= 4 is 0 Å². The Morgan fingerprint density at radius 1 is 1.38 bits per heavy atom. The van der Waals surface area contributed by atoms with E-state index in [2.05, 4.69) is 10.3 Å². The summed E-state index contributed by atoms with van der Waals surface area (Å²) in [5.74, 6) is 1.50. The molecule has 4 nitrogen and oxygen atoms in total. The van der Waals surface area contributed by atoms with Crippen LogP contribution in [0.15, 0.2) is 18.5 Å². The van der Waals surface area contributed by atoms with Crippen molar-refractivity contribution in [2.75, 3.05) is 20.2 Å². The van der Waals surface area contributed by atoms with Gasteiger partial charge < -0.3 is 14.8 Å². The summed E-state index contributed by atoms with van der Waals surface area (Å²) < 4.78 is 10.6. The van der Waals surface area contributed by atoms with E-state index in [1.165, 1.54) is 0 Å². The third-order valence-electron chi connectivity index (χ3n) is 1.97. The molecule has 0 bridgehead atoms. The fourth-order valence-corrected chi connectivity index (χ4v) is 1.11. The molecule has 1 saturated heterocycles. The molecule has 0 saturated carbocycles. The Hall–Kier alpha value is -1.29. The predicted molar refractivity (Wildman–Crippen MR) is 48.1 cm³/mol.